The minimum Gasteiger partial charge on any atom is -0.496 e. The minimum absolute atomic E-state index is 0.104. The van der Waals surface area contributed by atoms with Crippen LogP contribution in [0.3, 0.4) is 0 Å². The molecule has 4 nitrogen and oxygen atoms in total. The van der Waals surface area contributed by atoms with Crippen LogP contribution in [0.5, 0.6) is 5.75 Å². The van der Waals surface area contributed by atoms with Gasteiger partial charge in [-0.05, 0) is 6.07 Å². The molecule has 76 valence electrons. The third-order valence-electron chi connectivity index (χ3n) is 1.83. The molecule has 0 aromatic heterocycles. The molecule has 1 aromatic rings. The third-order valence-corrected chi connectivity index (χ3v) is 1.83. The van der Waals surface area contributed by atoms with Crippen molar-refractivity contribution in [2.45, 2.75) is 13.5 Å². The highest BCUT2D eigenvalue weighted by molar-refractivity contribution is 5.88. The van der Waals surface area contributed by atoms with Gasteiger partial charge < -0.3 is 15.8 Å². The van der Waals surface area contributed by atoms with E-state index in [9.17, 15) is 4.79 Å². The fraction of sp³-hybridized carbons (Fsp3) is 0.300. The van der Waals surface area contributed by atoms with Gasteiger partial charge in [-0.25, -0.2) is 0 Å². The van der Waals surface area contributed by atoms with Crippen molar-refractivity contribution >= 4 is 11.6 Å². The van der Waals surface area contributed by atoms with Gasteiger partial charge in [-0.1, -0.05) is 6.07 Å². The van der Waals surface area contributed by atoms with Gasteiger partial charge in [-0.2, -0.15) is 0 Å². The van der Waals surface area contributed by atoms with Crippen LogP contribution in [0.4, 0.5) is 5.69 Å². The third kappa shape index (κ3) is 2.47. The van der Waals surface area contributed by atoms with E-state index in [-0.39, 0.29) is 5.91 Å². The second kappa shape index (κ2) is 4.62. The van der Waals surface area contributed by atoms with Crippen LogP contribution in [0.25, 0.3) is 0 Å². The van der Waals surface area contributed by atoms with Crippen LogP contribution < -0.4 is 15.8 Å². The lowest BCUT2D eigenvalue weighted by Gasteiger charge is -2.09. The van der Waals surface area contributed by atoms with Crippen LogP contribution in [0, 0.1) is 0 Å². The number of hydrogen-bond acceptors (Lipinski definition) is 3. The highest BCUT2D eigenvalue weighted by Gasteiger charge is 2.03. The van der Waals surface area contributed by atoms with Crippen LogP contribution in [-0.4, -0.2) is 13.0 Å². The average molecular weight is 194 g/mol. The molecular formula is C10H14N2O2. The van der Waals surface area contributed by atoms with Crippen molar-refractivity contribution in [1.82, 2.24) is 0 Å². The Morgan fingerprint density at radius 3 is 2.79 bits per heavy atom. The summed E-state index contributed by atoms with van der Waals surface area (Å²) in [6.07, 6.45) is 0. The summed E-state index contributed by atoms with van der Waals surface area (Å²) in [6.45, 7) is 1.88. The normalized spacial score (nSPS) is 9.64. The van der Waals surface area contributed by atoms with Crippen LogP contribution in [-0.2, 0) is 11.3 Å². The van der Waals surface area contributed by atoms with Crippen molar-refractivity contribution in [2.75, 3.05) is 12.4 Å². The molecule has 0 saturated heterocycles. The van der Waals surface area contributed by atoms with Crippen molar-refractivity contribution in [3.8, 4) is 5.75 Å². The number of nitrogens with one attached hydrogen (secondary N) is 1. The van der Waals surface area contributed by atoms with Gasteiger partial charge in [0.2, 0.25) is 5.91 Å². The van der Waals surface area contributed by atoms with Gasteiger partial charge in [0, 0.05) is 30.8 Å². The molecule has 1 amide bonds. The molecular weight excluding hydrogens is 180 g/mol. The zero-order chi connectivity index (χ0) is 10.6. The Kier molecular flexibility index (Phi) is 3.48. The summed E-state index contributed by atoms with van der Waals surface area (Å²) in [5.74, 6) is 0.589. The zero-order valence-corrected chi connectivity index (χ0v) is 8.33. The van der Waals surface area contributed by atoms with Gasteiger partial charge >= 0.3 is 0 Å². The lowest BCUT2D eigenvalue weighted by Crippen LogP contribution is -2.07. The molecule has 3 N–H and O–H groups in total. The molecule has 0 fully saturated rings. The number of carbonyl (C=O) groups is 1. The van der Waals surface area contributed by atoms with E-state index >= 15 is 0 Å². The first-order valence-corrected chi connectivity index (χ1v) is 4.32. The van der Waals surface area contributed by atoms with Gasteiger partial charge in [0.15, 0.2) is 0 Å². The Morgan fingerprint density at radius 2 is 2.29 bits per heavy atom. The van der Waals surface area contributed by atoms with Crippen molar-refractivity contribution < 1.29 is 9.53 Å². The van der Waals surface area contributed by atoms with Crippen LogP contribution in [0.1, 0.15) is 12.5 Å². The largest absolute Gasteiger partial charge is 0.496 e. The number of hydrogen-bond donors (Lipinski definition) is 2. The number of anilines is 1. The smallest absolute Gasteiger partial charge is 0.221 e. The van der Waals surface area contributed by atoms with E-state index in [2.05, 4.69) is 5.32 Å². The summed E-state index contributed by atoms with van der Waals surface area (Å²) in [4.78, 5) is 10.8. The summed E-state index contributed by atoms with van der Waals surface area (Å²) in [5, 5.41) is 2.67. The number of methoxy groups -OCH3 is 1. The van der Waals surface area contributed by atoms with Gasteiger partial charge in [0.25, 0.3) is 0 Å². The number of carbonyl (C=O) groups excluding carboxylic acids is 1. The number of ether oxygens (including phenoxy) is 1. The molecule has 0 unspecified atom stereocenters. The molecule has 0 bridgehead atoms. The first-order valence-electron chi connectivity index (χ1n) is 4.32. The lowest BCUT2D eigenvalue weighted by atomic mass is 10.2. The van der Waals surface area contributed by atoms with Crippen LogP contribution >= 0.6 is 0 Å². The second-order valence-corrected chi connectivity index (χ2v) is 2.91. The Hall–Kier alpha value is -1.55. The average Bonchev–Trinajstić information content (AvgIpc) is 2.16. The van der Waals surface area contributed by atoms with Crippen molar-refractivity contribution in [3.05, 3.63) is 23.8 Å². The fourth-order valence-electron chi connectivity index (χ4n) is 1.19. The van der Waals surface area contributed by atoms with E-state index in [1.54, 1.807) is 19.2 Å². The maximum absolute atomic E-state index is 10.8. The quantitative estimate of drug-likeness (QED) is 0.757. The summed E-state index contributed by atoms with van der Waals surface area (Å²) in [5.41, 5.74) is 7.14. The molecule has 0 aliphatic rings. The minimum atomic E-state index is -0.104. The van der Waals surface area contributed by atoms with E-state index in [0.717, 1.165) is 5.56 Å². The summed E-state index contributed by atoms with van der Waals surface area (Å²) >= 11 is 0. The Labute approximate surface area is 83.1 Å². The van der Waals surface area contributed by atoms with Gasteiger partial charge in [0.05, 0.1) is 7.11 Å². The molecule has 0 heterocycles. The number of nitrogens with two attached hydrogens (primary N) is 1. The molecule has 0 radical (unpaired) electrons. The predicted octanol–water partition coefficient (Wildman–Crippen LogP) is 1.11. The Balaban J connectivity index is 2.95. The molecule has 1 rings (SSSR count). The summed E-state index contributed by atoms with van der Waals surface area (Å²) < 4.78 is 5.13. The molecule has 0 aliphatic heterocycles. The maximum Gasteiger partial charge on any atom is 0.221 e. The molecule has 4 heteroatoms. The number of benzene rings is 1. The first kappa shape index (κ1) is 10.5. The van der Waals surface area contributed by atoms with Crippen LogP contribution in [0.15, 0.2) is 18.2 Å². The number of rotatable bonds is 3. The molecule has 14 heavy (non-hydrogen) atoms. The van der Waals surface area contributed by atoms with Gasteiger partial charge in [0.1, 0.15) is 5.75 Å². The molecule has 0 atom stereocenters. The fourth-order valence-corrected chi connectivity index (χ4v) is 1.19. The molecule has 0 spiro atoms. The standard InChI is InChI=1S/C10H14N2O2/c1-7(13)12-9-4-3-8(6-11)10(5-9)14-2/h3-5H,6,11H2,1-2H3,(H,12,13). The summed E-state index contributed by atoms with van der Waals surface area (Å²) in [6, 6.07) is 5.39. The van der Waals surface area contributed by atoms with E-state index in [1.807, 2.05) is 6.07 Å². The highest BCUT2D eigenvalue weighted by atomic mass is 16.5. The van der Waals surface area contributed by atoms with Crippen molar-refractivity contribution in [3.63, 3.8) is 0 Å². The first-order chi connectivity index (χ1) is 6.67. The van der Waals surface area contributed by atoms with Crippen molar-refractivity contribution in [1.29, 1.82) is 0 Å². The molecule has 1 aromatic carbocycles. The number of amides is 1. The van der Waals surface area contributed by atoms with Crippen LogP contribution in [0.2, 0.25) is 0 Å². The van der Waals surface area contributed by atoms with E-state index in [4.69, 9.17) is 10.5 Å². The SMILES string of the molecule is COc1cc(NC(C)=O)ccc1CN. The maximum atomic E-state index is 10.8. The monoisotopic (exact) mass is 194 g/mol. The topological polar surface area (TPSA) is 64.3 Å². The summed E-state index contributed by atoms with van der Waals surface area (Å²) in [7, 11) is 1.58. The Bertz CT molecular complexity index is 337. The predicted molar refractivity (Wildman–Crippen MR) is 55.2 cm³/mol. The van der Waals surface area contributed by atoms with Gasteiger partial charge in [-0.15, -0.1) is 0 Å². The van der Waals surface area contributed by atoms with Gasteiger partial charge in [-0.3, -0.25) is 4.79 Å². The Morgan fingerprint density at radius 1 is 1.57 bits per heavy atom. The van der Waals surface area contributed by atoms with E-state index in [0.29, 0.717) is 18.0 Å². The van der Waals surface area contributed by atoms with Crippen molar-refractivity contribution in [2.24, 2.45) is 5.73 Å². The lowest BCUT2D eigenvalue weighted by molar-refractivity contribution is -0.114. The van der Waals surface area contributed by atoms with E-state index < -0.39 is 0 Å². The molecule has 0 saturated carbocycles. The second-order valence-electron chi connectivity index (χ2n) is 2.91. The molecule has 0 aliphatic carbocycles. The highest BCUT2D eigenvalue weighted by Crippen LogP contribution is 2.22. The van der Waals surface area contributed by atoms with E-state index in [1.165, 1.54) is 6.92 Å². The zero-order valence-electron chi connectivity index (χ0n) is 8.33.